The van der Waals surface area contributed by atoms with Gasteiger partial charge < -0.3 is 4.74 Å². The number of fused-ring (bicyclic) bond motifs is 1. The average Bonchev–Trinajstić information content (AvgIpc) is 2.80. The lowest BCUT2D eigenvalue weighted by atomic mass is 9.85. The minimum absolute atomic E-state index is 0.0562. The zero-order valence-corrected chi connectivity index (χ0v) is 14.6. The van der Waals surface area contributed by atoms with Gasteiger partial charge in [-0.1, -0.05) is 23.8 Å². The minimum Gasteiger partial charge on any atom is -0.496 e. The first-order valence-electron chi connectivity index (χ1n) is 8.02. The maximum Gasteiger partial charge on any atom is 0.234 e. The summed E-state index contributed by atoms with van der Waals surface area (Å²) in [5.74, 6) is 0.259. The molecule has 24 heavy (non-hydrogen) atoms. The van der Waals surface area contributed by atoms with Crippen LogP contribution in [0.1, 0.15) is 18.4 Å². The Morgan fingerprint density at radius 3 is 2.42 bits per heavy atom. The number of carbonyl (C=O) groups is 2. The van der Waals surface area contributed by atoms with Crippen molar-refractivity contribution in [3.63, 3.8) is 0 Å². The first-order valence-corrected chi connectivity index (χ1v) is 8.40. The third-order valence-corrected chi connectivity index (χ3v) is 4.90. The summed E-state index contributed by atoms with van der Waals surface area (Å²) in [7, 11) is 3.49. The Labute approximate surface area is 146 Å². The van der Waals surface area contributed by atoms with Crippen molar-refractivity contribution in [3.8, 4) is 5.75 Å². The fraction of sp³-hybridized carbons (Fsp3) is 0.444. The fourth-order valence-corrected chi connectivity index (χ4v) is 3.66. The molecule has 1 aromatic rings. The third kappa shape index (κ3) is 3.19. The Morgan fingerprint density at radius 1 is 1.21 bits per heavy atom. The largest absolute Gasteiger partial charge is 0.496 e. The van der Waals surface area contributed by atoms with E-state index in [-0.39, 0.29) is 30.3 Å². The maximum atomic E-state index is 12.5. The number of carbonyl (C=O) groups excluding carboxylic acids is 2. The van der Waals surface area contributed by atoms with E-state index in [2.05, 4.69) is 0 Å². The van der Waals surface area contributed by atoms with E-state index in [1.165, 1.54) is 4.90 Å². The van der Waals surface area contributed by atoms with Crippen LogP contribution < -0.4 is 4.74 Å². The van der Waals surface area contributed by atoms with Crippen molar-refractivity contribution in [3.05, 3.63) is 40.9 Å². The van der Waals surface area contributed by atoms with E-state index in [0.29, 0.717) is 24.4 Å². The molecule has 1 aliphatic carbocycles. The molecule has 6 heteroatoms. The second-order valence-electron chi connectivity index (χ2n) is 6.37. The number of allylic oxidation sites excluding steroid dienone is 2. The van der Waals surface area contributed by atoms with Gasteiger partial charge in [-0.05, 0) is 38.1 Å². The van der Waals surface area contributed by atoms with E-state index in [4.69, 9.17) is 16.3 Å². The van der Waals surface area contributed by atoms with Crippen LogP contribution >= 0.6 is 11.6 Å². The van der Waals surface area contributed by atoms with Gasteiger partial charge in [-0.3, -0.25) is 19.4 Å². The molecular weight excluding hydrogens is 328 g/mol. The van der Waals surface area contributed by atoms with Gasteiger partial charge in [0.05, 0.1) is 25.6 Å². The summed E-state index contributed by atoms with van der Waals surface area (Å²) in [4.78, 5) is 28.3. The molecule has 0 radical (unpaired) electrons. The number of rotatable bonds is 5. The molecule has 1 fully saturated rings. The van der Waals surface area contributed by atoms with Crippen LogP contribution in [0.15, 0.2) is 30.4 Å². The Hall–Kier alpha value is -1.85. The molecule has 2 aliphatic rings. The van der Waals surface area contributed by atoms with Crippen LogP contribution in [-0.4, -0.2) is 42.4 Å². The highest BCUT2D eigenvalue weighted by Gasteiger charge is 2.47. The number of likely N-dealkylation sites (tertiary alicyclic amines) is 1. The van der Waals surface area contributed by atoms with Gasteiger partial charge in [0, 0.05) is 17.1 Å². The number of benzene rings is 1. The first-order chi connectivity index (χ1) is 11.5. The van der Waals surface area contributed by atoms with Gasteiger partial charge in [0.15, 0.2) is 0 Å². The summed E-state index contributed by atoms with van der Waals surface area (Å²) in [6.07, 6.45) is 5.32. The van der Waals surface area contributed by atoms with Crippen LogP contribution in [0.4, 0.5) is 0 Å². The van der Waals surface area contributed by atoms with E-state index in [1.54, 1.807) is 13.2 Å². The van der Waals surface area contributed by atoms with Gasteiger partial charge in [0.25, 0.3) is 0 Å². The highest BCUT2D eigenvalue weighted by atomic mass is 35.5. The Morgan fingerprint density at radius 2 is 1.83 bits per heavy atom. The van der Waals surface area contributed by atoms with Gasteiger partial charge in [-0.2, -0.15) is 0 Å². The molecule has 0 N–H and O–H groups in total. The molecule has 1 heterocycles. The van der Waals surface area contributed by atoms with Crippen LogP contribution in [0.5, 0.6) is 5.75 Å². The number of nitrogens with zero attached hydrogens (tertiary/aromatic N) is 2. The SMILES string of the molecule is COc1ccc(Cl)cc1CN(C)CN1C(=O)C2CC=CCC2C1=O. The molecule has 0 spiro atoms. The van der Waals surface area contributed by atoms with Gasteiger partial charge >= 0.3 is 0 Å². The van der Waals surface area contributed by atoms with Gasteiger partial charge in [0.1, 0.15) is 5.75 Å². The van der Waals surface area contributed by atoms with Crippen molar-refractivity contribution in [2.45, 2.75) is 19.4 Å². The zero-order chi connectivity index (χ0) is 17.3. The van der Waals surface area contributed by atoms with Gasteiger partial charge in [-0.15, -0.1) is 0 Å². The predicted octanol–water partition coefficient (Wildman–Crippen LogP) is 2.69. The number of hydrogen-bond donors (Lipinski definition) is 0. The molecule has 1 saturated heterocycles. The summed E-state index contributed by atoms with van der Waals surface area (Å²) in [5, 5.41) is 0.629. The van der Waals surface area contributed by atoms with Crippen molar-refractivity contribution >= 4 is 23.4 Å². The molecule has 1 aromatic carbocycles. The normalized spacial score (nSPS) is 23.1. The molecule has 5 nitrogen and oxygen atoms in total. The third-order valence-electron chi connectivity index (χ3n) is 4.66. The standard InChI is InChI=1S/C18H21ClN2O3/c1-20(10-12-9-13(19)7-8-16(12)24-2)11-21-17(22)14-5-3-4-6-15(14)18(21)23/h3-4,7-9,14-15H,5-6,10-11H2,1-2H3. The zero-order valence-electron chi connectivity index (χ0n) is 13.9. The average molecular weight is 349 g/mol. The molecule has 2 unspecified atom stereocenters. The number of halogens is 1. The number of imide groups is 1. The molecule has 0 aromatic heterocycles. The molecule has 0 bridgehead atoms. The van der Waals surface area contributed by atoms with Crippen LogP contribution in [0.3, 0.4) is 0 Å². The molecule has 1 aliphatic heterocycles. The van der Waals surface area contributed by atoms with Crippen molar-refractivity contribution in [1.82, 2.24) is 9.80 Å². The lowest BCUT2D eigenvalue weighted by Crippen LogP contribution is -2.40. The summed E-state index contributed by atoms with van der Waals surface area (Å²) >= 11 is 6.06. The second kappa shape index (κ2) is 6.95. The summed E-state index contributed by atoms with van der Waals surface area (Å²) in [6, 6.07) is 5.43. The van der Waals surface area contributed by atoms with E-state index in [9.17, 15) is 9.59 Å². The Kier molecular flexibility index (Phi) is 4.92. The lowest BCUT2D eigenvalue weighted by Gasteiger charge is -2.24. The fourth-order valence-electron chi connectivity index (χ4n) is 3.46. The quantitative estimate of drug-likeness (QED) is 0.606. The molecule has 0 saturated carbocycles. The summed E-state index contributed by atoms with van der Waals surface area (Å²) in [6.45, 7) is 0.814. The molecule has 3 rings (SSSR count). The highest BCUT2D eigenvalue weighted by Crippen LogP contribution is 2.35. The highest BCUT2D eigenvalue weighted by molar-refractivity contribution is 6.30. The minimum atomic E-state index is -0.184. The second-order valence-corrected chi connectivity index (χ2v) is 6.81. The van der Waals surface area contributed by atoms with Crippen LogP contribution in [0, 0.1) is 11.8 Å². The molecule has 2 amide bonds. The van der Waals surface area contributed by atoms with Crippen molar-refractivity contribution in [2.75, 3.05) is 20.8 Å². The van der Waals surface area contributed by atoms with Gasteiger partial charge in [0.2, 0.25) is 11.8 Å². The first kappa shape index (κ1) is 17.0. The summed E-state index contributed by atoms with van der Waals surface area (Å²) < 4.78 is 5.35. The van der Waals surface area contributed by atoms with Crippen molar-refractivity contribution < 1.29 is 14.3 Å². The molecule has 2 atom stereocenters. The number of methoxy groups -OCH3 is 1. The predicted molar refractivity (Wildman–Crippen MR) is 91.5 cm³/mol. The smallest absolute Gasteiger partial charge is 0.234 e. The topological polar surface area (TPSA) is 49.9 Å². The Balaban J connectivity index is 1.69. The lowest BCUT2D eigenvalue weighted by molar-refractivity contribution is -0.142. The summed E-state index contributed by atoms with van der Waals surface area (Å²) in [5.41, 5.74) is 0.922. The van der Waals surface area contributed by atoms with Crippen LogP contribution in [0.2, 0.25) is 5.02 Å². The van der Waals surface area contributed by atoms with E-state index in [0.717, 1.165) is 11.3 Å². The maximum absolute atomic E-state index is 12.5. The van der Waals surface area contributed by atoms with Crippen molar-refractivity contribution in [1.29, 1.82) is 0 Å². The van der Waals surface area contributed by atoms with E-state index in [1.807, 2.05) is 36.2 Å². The van der Waals surface area contributed by atoms with E-state index < -0.39 is 0 Å². The van der Waals surface area contributed by atoms with Gasteiger partial charge in [-0.25, -0.2) is 0 Å². The molecule has 128 valence electrons. The van der Waals surface area contributed by atoms with Crippen LogP contribution in [-0.2, 0) is 16.1 Å². The molecular formula is C18H21ClN2O3. The number of amides is 2. The number of ether oxygens (including phenoxy) is 1. The Bertz CT molecular complexity index is 663. The monoisotopic (exact) mass is 348 g/mol. The number of hydrogen-bond acceptors (Lipinski definition) is 4. The van der Waals surface area contributed by atoms with Crippen molar-refractivity contribution in [2.24, 2.45) is 11.8 Å². The van der Waals surface area contributed by atoms with E-state index >= 15 is 0 Å². The van der Waals surface area contributed by atoms with Crippen LogP contribution in [0.25, 0.3) is 0 Å².